The highest BCUT2D eigenvalue weighted by molar-refractivity contribution is 5.78. The molecule has 1 aromatic heterocycles. The molecule has 1 atom stereocenters. The number of rotatable bonds is 7. The topological polar surface area (TPSA) is 84.6 Å². The van der Waals surface area contributed by atoms with Crippen molar-refractivity contribution in [1.82, 2.24) is 19.8 Å². The fourth-order valence-electron chi connectivity index (χ4n) is 2.66. The van der Waals surface area contributed by atoms with Gasteiger partial charge in [0.25, 0.3) is 0 Å². The number of nitrogen functional groups attached to an aromatic ring is 1. The van der Waals surface area contributed by atoms with Crippen molar-refractivity contribution in [1.29, 1.82) is 0 Å². The second kappa shape index (κ2) is 7.33. The Morgan fingerprint density at radius 2 is 2.19 bits per heavy atom. The first-order valence-corrected chi connectivity index (χ1v) is 7.10. The van der Waals surface area contributed by atoms with Crippen LogP contribution in [0.3, 0.4) is 0 Å². The first-order chi connectivity index (χ1) is 10.1. The zero-order valence-electron chi connectivity index (χ0n) is 12.7. The zero-order chi connectivity index (χ0) is 15.2. The first kappa shape index (κ1) is 15.7. The standard InChI is InChI=1S/C14H23N5O2/c1-18(9-12-6-16-14(15)17-7-12)8-11-5-13(20)19(10-11)3-4-21-2/h6-7,11H,3-5,8-10H2,1-2H3,(H2,15,16,17)/t11-/m0/s1. The number of nitrogens with zero attached hydrogens (tertiary/aromatic N) is 4. The molecule has 1 amide bonds. The van der Waals surface area contributed by atoms with E-state index in [-0.39, 0.29) is 11.9 Å². The molecular weight excluding hydrogens is 270 g/mol. The van der Waals surface area contributed by atoms with Gasteiger partial charge < -0.3 is 20.3 Å². The van der Waals surface area contributed by atoms with Gasteiger partial charge in [-0.1, -0.05) is 0 Å². The van der Waals surface area contributed by atoms with Crippen LogP contribution in [0.5, 0.6) is 0 Å². The minimum atomic E-state index is 0.223. The van der Waals surface area contributed by atoms with Gasteiger partial charge in [0.05, 0.1) is 6.61 Å². The maximum Gasteiger partial charge on any atom is 0.223 e. The lowest BCUT2D eigenvalue weighted by Crippen LogP contribution is -2.31. The van der Waals surface area contributed by atoms with Crippen LogP contribution >= 0.6 is 0 Å². The maximum atomic E-state index is 11.9. The van der Waals surface area contributed by atoms with E-state index in [9.17, 15) is 4.79 Å². The van der Waals surface area contributed by atoms with Crippen LogP contribution in [0.15, 0.2) is 12.4 Å². The minimum absolute atomic E-state index is 0.223. The molecule has 0 spiro atoms. The Labute approximate surface area is 125 Å². The molecule has 2 rings (SSSR count). The van der Waals surface area contributed by atoms with Crippen molar-refractivity contribution in [3.05, 3.63) is 18.0 Å². The van der Waals surface area contributed by atoms with E-state index in [4.69, 9.17) is 10.5 Å². The molecule has 1 aliphatic heterocycles. The molecule has 1 aliphatic rings. The Hall–Kier alpha value is -1.73. The third kappa shape index (κ3) is 4.64. The van der Waals surface area contributed by atoms with Crippen molar-refractivity contribution >= 4 is 11.9 Å². The van der Waals surface area contributed by atoms with Crippen LogP contribution in [0.1, 0.15) is 12.0 Å². The quantitative estimate of drug-likeness (QED) is 0.761. The predicted molar refractivity (Wildman–Crippen MR) is 79.3 cm³/mol. The first-order valence-electron chi connectivity index (χ1n) is 7.10. The SMILES string of the molecule is COCCN1C[C@H](CN(C)Cc2cnc(N)nc2)CC1=O. The lowest BCUT2D eigenvalue weighted by Gasteiger charge is -2.21. The molecule has 0 unspecified atom stereocenters. The Morgan fingerprint density at radius 1 is 1.48 bits per heavy atom. The molecule has 1 aromatic rings. The predicted octanol–water partition coefficient (Wildman–Crippen LogP) is -0.0145. The summed E-state index contributed by atoms with van der Waals surface area (Å²) in [6, 6.07) is 0. The van der Waals surface area contributed by atoms with E-state index in [1.165, 1.54) is 0 Å². The molecule has 0 saturated carbocycles. The molecule has 0 aromatic carbocycles. The van der Waals surface area contributed by atoms with Gasteiger partial charge in [0.1, 0.15) is 0 Å². The van der Waals surface area contributed by atoms with Crippen LogP contribution in [0, 0.1) is 5.92 Å². The second-order valence-electron chi connectivity index (χ2n) is 5.55. The highest BCUT2D eigenvalue weighted by Gasteiger charge is 2.29. The van der Waals surface area contributed by atoms with Crippen LogP contribution in [-0.2, 0) is 16.1 Å². The van der Waals surface area contributed by atoms with Gasteiger partial charge in [0, 0.05) is 57.7 Å². The Bertz CT molecular complexity index is 465. The average molecular weight is 293 g/mol. The molecule has 7 nitrogen and oxygen atoms in total. The Kier molecular flexibility index (Phi) is 5.46. The van der Waals surface area contributed by atoms with Gasteiger partial charge in [0.2, 0.25) is 11.9 Å². The monoisotopic (exact) mass is 293 g/mol. The summed E-state index contributed by atoms with van der Waals surface area (Å²) in [5.41, 5.74) is 6.49. The van der Waals surface area contributed by atoms with Gasteiger partial charge in [0.15, 0.2) is 0 Å². The summed E-state index contributed by atoms with van der Waals surface area (Å²) in [6.07, 6.45) is 4.10. The van der Waals surface area contributed by atoms with Gasteiger partial charge >= 0.3 is 0 Å². The number of amides is 1. The van der Waals surface area contributed by atoms with Crippen molar-refractivity contribution in [2.24, 2.45) is 5.92 Å². The molecule has 2 N–H and O–H groups in total. The lowest BCUT2D eigenvalue weighted by molar-refractivity contribution is -0.128. The van der Waals surface area contributed by atoms with E-state index in [2.05, 4.69) is 14.9 Å². The average Bonchev–Trinajstić information content (AvgIpc) is 2.79. The molecule has 21 heavy (non-hydrogen) atoms. The molecular formula is C14H23N5O2. The van der Waals surface area contributed by atoms with E-state index in [0.29, 0.717) is 25.5 Å². The third-order valence-corrected chi connectivity index (χ3v) is 3.61. The van der Waals surface area contributed by atoms with Crippen LogP contribution in [0.4, 0.5) is 5.95 Å². The molecule has 7 heteroatoms. The largest absolute Gasteiger partial charge is 0.383 e. The van der Waals surface area contributed by atoms with Crippen molar-refractivity contribution < 1.29 is 9.53 Å². The van der Waals surface area contributed by atoms with Gasteiger partial charge in [-0.25, -0.2) is 9.97 Å². The van der Waals surface area contributed by atoms with E-state index in [1.807, 2.05) is 11.9 Å². The van der Waals surface area contributed by atoms with E-state index >= 15 is 0 Å². The maximum absolute atomic E-state index is 11.9. The van der Waals surface area contributed by atoms with Crippen molar-refractivity contribution in [2.45, 2.75) is 13.0 Å². The number of carbonyl (C=O) groups is 1. The molecule has 2 heterocycles. The Morgan fingerprint density at radius 3 is 2.86 bits per heavy atom. The Balaban J connectivity index is 1.79. The smallest absolute Gasteiger partial charge is 0.223 e. The molecule has 116 valence electrons. The summed E-state index contributed by atoms with van der Waals surface area (Å²) in [4.78, 5) is 23.9. The van der Waals surface area contributed by atoms with Crippen molar-refractivity contribution in [3.63, 3.8) is 0 Å². The summed E-state index contributed by atoms with van der Waals surface area (Å²) in [7, 11) is 3.69. The number of hydrogen-bond donors (Lipinski definition) is 1. The molecule has 0 bridgehead atoms. The summed E-state index contributed by atoms with van der Waals surface area (Å²) >= 11 is 0. The van der Waals surface area contributed by atoms with E-state index < -0.39 is 0 Å². The summed E-state index contributed by atoms with van der Waals surface area (Å²) < 4.78 is 5.03. The molecule has 0 aliphatic carbocycles. The highest BCUT2D eigenvalue weighted by atomic mass is 16.5. The lowest BCUT2D eigenvalue weighted by atomic mass is 10.1. The van der Waals surface area contributed by atoms with Crippen LogP contribution in [0.2, 0.25) is 0 Å². The number of ether oxygens (including phenoxy) is 1. The summed E-state index contributed by atoms with van der Waals surface area (Å²) in [6.45, 7) is 3.71. The van der Waals surface area contributed by atoms with Gasteiger partial charge in [-0.2, -0.15) is 0 Å². The van der Waals surface area contributed by atoms with Crippen molar-refractivity contribution in [2.75, 3.05) is 46.1 Å². The zero-order valence-corrected chi connectivity index (χ0v) is 12.7. The minimum Gasteiger partial charge on any atom is -0.383 e. The summed E-state index contributed by atoms with van der Waals surface area (Å²) in [5.74, 6) is 0.881. The molecule has 1 saturated heterocycles. The van der Waals surface area contributed by atoms with Gasteiger partial charge in [-0.3, -0.25) is 4.79 Å². The number of likely N-dealkylation sites (tertiary alicyclic amines) is 1. The van der Waals surface area contributed by atoms with Crippen LogP contribution in [0.25, 0.3) is 0 Å². The van der Waals surface area contributed by atoms with Crippen LogP contribution in [-0.4, -0.2) is 66.1 Å². The fourth-order valence-corrected chi connectivity index (χ4v) is 2.66. The van der Waals surface area contributed by atoms with E-state index in [0.717, 1.165) is 25.2 Å². The number of aromatic nitrogens is 2. The fraction of sp³-hybridized carbons (Fsp3) is 0.643. The highest BCUT2D eigenvalue weighted by Crippen LogP contribution is 2.19. The number of anilines is 1. The number of nitrogens with two attached hydrogens (primary N) is 1. The summed E-state index contributed by atoms with van der Waals surface area (Å²) in [5, 5.41) is 0. The molecule has 0 radical (unpaired) electrons. The second-order valence-corrected chi connectivity index (χ2v) is 5.55. The van der Waals surface area contributed by atoms with Gasteiger partial charge in [-0.15, -0.1) is 0 Å². The van der Waals surface area contributed by atoms with Crippen LogP contribution < -0.4 is 5.73 Å². The molecule has 1 fully saturated rings. The van der Waals surface area contributed by atoms with Gasteiger partial charge in [-0.05, 0) is 13.0 Å². The number of hydrogen-bond acceptors (Lipinski definition) is 6. The number of carbonyl (C=O) groups excluding carboxylic acids is 1. The van der Waals surface area contributed by atoms with E-state index in [1.54, 1.807) is 19.5 Å². The third-order valence-electron chi connectivity index (χ3n) is 3.61. The van der Waals surface area contributed by atoms with Crippen molar-refractivity contribution in [3.8, 4) is 0 Å². The normalized spacial score (nSPS) is 18.7. The number of methoxy groups -OCH3 is 1.